The third-order valence-electron chi connectivity index (χ3n) is 9.04. The Morgan fingerprint density at radius 2 is 1.38 bits per heavy atom. The minimum Gasteiger partial charge on any atom is -0.462 e. The molecule has 0 spiro atoms. The van der Waals surface area contributed by atoms with Gasteiger partial charge in [0, 0.05) is 40.1 Å². The van der Waals surface area contributed by atoms with Crippen molar-refractivity contribution < 1.29 is 33.4 Å². The number of rotatable bonds is 12. The minimum absolute atomic E-state index is 0.367. The quantitative estimate of drug-likeness (QED) is 0.0846. The van der Waals surface area contributed by atoms with Crippen molar-refractivity contribution in [1.29, 1.82) is 0 Å². The third-order valence-corrected chi connectivity index (χ3v) is 10.7. The lowest BCUT2D eigenvalue weighted by Gasteiger charge is -2.52. The number of para-hydroxylation sites is 1. The van der Waals surface area contributed by atoms with Crippen LogP contribution in [0.15, 0.2) is 142 Å². The fraction of sp³-hybridized carbons (Fsp3) is 0.268. The van der Waals surface area contributed by atoms with E-state index in [9.17, 15) is 14.4 Å². The predicted molar refractivity (Wildman–Crippen MR) is 201 cm³/mol. The summed E-state index contributed by atoms with van der Waals surface area (Å²) < 4.78 is 16.2. The maximum atomic E-state index is 15.8. The Hall–Kier alpha value is -5.75. The summed E-state index contributed by atoms with van der Waals surface area (Å²) >= 11 is 1.33. The summed E-state index contributed by atoms with van der Waals surface area (Å²) in [5.41, 5.74) is 3.12. The van der Waals surface area contributed by atoms with Crippen molar-refractivity contribution in [1.82, 2.24) is 4.90 Å². The second-order valence-electron chi connectivity index (χ2n) is 12.8. The number of piperidine rings is 1. The molecule has 11 nitrogen and oxygen atoms in total. The zero-order chi connectivity index (χ0) is 37.5. The first-order valence-corrected chi connectivity index (χ1v) is 18.0. The summed E-state index contributed by atoms with van der Waals surface area (Å²) in [6.07, 6.45) is -2.44. The van der Waals surface area contributed by atoms with E-state index in [4.69, 9.17) is 19.3 Å². The van der Waals surface area contributed by atoms with Gasteiger partial charge in [0.25, 0.3) is 0 Å². The van der Waals surface area contributed by atoms with Crippen molar-refractivity contribution in [3.8, 4) is 0 Å². The molecule has 272 valence electrons. The van der Waals surface area contributed by atoms with E-state index >= 15 is 4.79 Å². The van der Waals surface area contributed by atoms with Gasteiger partial charge in [-0.2, -0.15) is 10.2 Å². The van der Waals surface area contributed by atoms with Gasteiger partial charge in [-0.1, -0.05) is 109 Å². The van der Waals surface area contributed by atoms with Crippen LogP contribution in [0.5, 0.6) is 0 Å². The van der Waals surface area contributed by atoms with Gasteiger partial charge < -0.3 is 24.0 Å². The average Bonchev–Trinajstić information content (AvgIpc) is 3.51. The SMILES string of the molecule is CC(=O)OC[C@H](OC(C)=O)[C@@H]1[C@H](OC(C)=O)[C@H]2C(N=Nc3ccccc3)=C(N(C)Cc3ccccc3)S[C@]2(c2ccccc2)C(=O)N1c1ccccc1. The molecule has 0 bridgehead atoms. The molecule has 0 unspecified atom stereocenters. The molecule has 2 aliphatic heterocycles. The molecule has 1 fully saturated rings. The normalized spacial score (nSPS) is 21.5. The van der Waals surface area contributed by atoms with Crippen LogP contribution in [0.25, 0.3) is 0 Å². The van der Waals surface area contributed by atoms with E-state index in [0.717, 1.165) is 5.56 Å². The highest BCUT2D eigenvalue weighted by Gasteiger charge is 2.68. The Labute approximate surface area is 312 Å². The highest BCUT2D eigenvalue weighted by atomic mass is 32.2. The zero-order valence-electron chi connectivity index (χ0n) is 29.8. The molecule has 53 heavy (non-hydrogen) atoms. The first kappa shape index (κ1) is 37.0. The van der Waals surface area contributed by atoms with Crippen molar-refractivity contribution in [2.24, 2.45) is 16.1 Å². The van der Waals surface area contributed by atoms with Crippen LogP contribution in [-0.2, 0) is 44.7 Å². The maximum absolute atomic E-state index is 15.8. The number of hydrogen-bond donors (Lipinski definition) is 0. The molecule has 4 aromatic rings. The summed E-state index contributed by atoms with van der Waals surface area (Å²) in [5.74, 6) is -3.25. The Morgan fingerprint density at radius 3 is 1.96 bits per heavy atom. The van der Waals surface area contributed by atoms with Crippen LogP contribution < -0.4 is 4.90 Å². The van der Waals surface area contributed by atoms with E-state index in [0.29, 0.717) is 34.2 Å². The summed E-state index contributed by atoms with van der Waals surface area (Å²) in [6.45, 7) is 3.82. The fourth-order valence-corrected chi connectivity index (χ4v) is 8.59. The molecule has 12 heteroatoms. The number of thioether (sulfide) groups is 1. The van der Waals surface area contributed by atoms with E-state index in [2.05, 4.69) is 5.11 Å². The molecule has 6 rings (SSSR count). The summed E-state index contributed by atoms with van der Waals surface area (Å²) in [5, 5.41) is 10.2. The van der Waals surface area contributed by atoms with E-state index in [1.54, 1.807) is 24.3 Å². The van der Waals surface area contributed by atoms with Crippen LogP contribution in [0.1, 0.15) is 31.9 Å². The number of carbonyl (C=O) groups is 4. The average molecular weight is 733 g/mol. The van der Waals surface area contributed by atoms with E-state index < -0.39 is 53.4 Å². The molecular weight excluding hydrogens is 693 g/mol. The summed E-state index contributed by atoms with van der Waals surface area (Å²) in [4.78, 5) is 57.5. The van der Waals surface area contributed by atoms with Gasteiger partial charge in [-0.3, -0.25) is 19.2 Å². The number of azo groups is 1. The smallest absolute Gasteiger partial charge is 0.303 e. The number of amides is 1. The van der Waals surface area contributed by atoms with Crippen molar-refractivity contribution in [3.63, 3.8) is 0 Å². The Bertz CT molecular complexity index is 2000. The Morgan fingerprint density at radius 1 is 0.792 bits per heavy atom. The predicted octanol–water partition coefficient (Wildman–Crippen LogP) is 7.17. The molecule has 0 aliphatic carbocycles. The molecule has 1 saturated heterocycles. The monoisotopic (exact) mass is 732 g/mol. The van der Waals surface area contributed by atoms with Crippen LogP contribution in [0, 0.1) is 5.92 Å². The van der Waals surface area contributed by atoms with Crippen LogP contribution >= 0.6 is 11.8 Å². The van der Waals surface area contributed by atoms with Crippen molar-refractivity contribution in [2.75, 3.05) is 18.6 Å². The van der Waals surface area contributed by atoms with Crippen molar-refractivity contribution in [3.05, 3.63) is 143 Å². The standard InChI is InChI=1S/C41H40N4O7S/c1-27(46)50-26-34(51-28(2)47)37-38(52-29(3)48)35-36(43-42-32-21-13-7-14-22-32)39(44(4)25-30-17-9-5-10-18-30)53-41(35,31-19-11-6-12-20-31)40(49)45(37)33-23-15-8-16-24-33/h5-24,34-35,37-38H,25-26H2,1-4H3/t34-,35+,37+,38+,41-/m0/s1. The summed E-state index contributed by atoms with van der Waals surface area (Å²) in [6, 6.07) is 36.2. The number of carbonyl (C=O) groups excluding carboxylic acids is 4. The molecule has 5 atom stereocenters. The second kappa shape index (κ2) is 16.3. The van der Waals surface area contributed by atoms with Gasteiger partial charge in [0.2, 0.25) is 5.91 Å². The zero-order valence-corrected chi connectivity index (χ0v) is 30.6. The summed E-state index contributed by atoms with van der Waals surface area (Å²) in [7, 11) is 1.92. The second-order valence-corrected chi connectivity index (χ2v) is 14.0. The number of hydrogen-bond acceptors (Lipinski definition) is 11. The highest BCUT2D eigenvalue weighted by Crippen LogP contribution is 2.63. The van der Waals surface area contributed by atoms with Crippen molar-refractivity contribution in [2.45, 2.75) is 50.3 Å². The molecule has 1 amide bonds. The molecule has 0 radical (unpaired) electrons. The van der Waals surface area contributed by atoms with E-state index in [1.807, 2.05) is 109 Å². The van der Waals surface area contributed by atoms with Crippen LogP contribution in [0.4, 0.5) is 11.4 Å². The lowest BCUT2D eigenvalue weighted by Crippen LogP contribution is -2.69. The van der Waals surface area contributed by atoms with Gasteiger partial charge in [-0.25, -0.2) is 0 Å². The third kappa shape index (κ3) is 7.87. The number of ether oxygens (including phenoxy) is 3. The number of benzene rings is 4. The van der Waals surface area contributed by atoms with E-state index in [-0.39, 0.29) is 5.91 Å². The number of nitrogens with zero attached hydrogens (tertiary/aromatic N) is 4. The number of esters is 3. The van der Waals surface area contributed by atoms with Gasteiger partial charge in [0.05, 0.1) is 16.6 Å². The lowest BCUT2D eigenvalue weighted by atomic mass is 9.71. The highest BCUT2D eigenvalue weighted by molar-refractivity contribution is 8.05. The minimum atomic E-state index is -1.46. The van der Waals surface area contributed by atoms with Gasteiger partial charge in [0.1, 0.15) is 29.2 Å². The number of anilines is 1. The van der Waals surface area contributed by atoms with Crippen LogP contribution in [0.2, 0.25) is 0 Å². The molecule has 2 heterocycles. The lowest BCUT2D eigenvalue weighted by molar-refractivity contribution is -0.169. The van der Waals surface area contributed by atoms with Crippen LogP contribution in [0.3, 0.4) is 0 Å². The molecule has 0 aromatic heterocycles. The van der Waals surface area contributed by atoms with Crippen LogP contribution in [-0.4, -0.2) is 60.6 Å². The maximum Gasteiger partial charge on any atom is 0.303 e. The van der Waals surface area contributed by atoms with Gasteiger partial charge in [-0.05, 0) is 35.4 Å². The number of fused-ring (bicyclic) bond motifs is 1. The first-order valence-electron chi connectivity index (χ1n) is 17.2. The van der Waals surface area contributed by atoms with Gasteiger partial charge in [0.15, 0.2) is 6.10 Å². The van der Waals surface area contributed by atoms with Crippen molar-refractivity contribution >= 4 is 47.0 Å². The fourth-order valence-electron chi connectivity index (χ4n) is 6.98. The molecule has 4 aromatic carbocycles. The Kier molecular flexibility index (Phi) is 11.4. The molecule has 2 aliphatic rings. The Balaban J connectivity index is 1.65. The molecular formula is C41H40N4O7S. The molecule has 0 N–H and O–H groups in total. The largest absolute Gasteiger partial charge is 0.462 e. The van der Waals surface area contributed by atoms with Gasteiger partial charge >= 0.3 is 17.9 Å². The van der Waals surface area contributed by atoms with Gasteiger partial charge in [-0.15, -0.1) is 0 Å². The van der Waals surface area contributed by atoms with E-state index in [1.165, 1.54) is 37.4 Å². The molecule has 0 saturated carbocycles. The first-order chi connectivity index (χ1) is 25.6. The topological polar surface area (TPSA) is 127 Å².